The van der Waals surface area contributed by atoms with Crippen molar-refractivity contribution in [3.8, 4) is 0 Å². The molecule has 0 aliphatic rings. The van der Waals surface area contributed by atoms with Crippen molar-refractivity contribution in [3.63, 3.8) is 0 Å². The van der Waals surface area contributed by atoms with E-state index in [1.54, 1.807) is 29.6 Å². The summed E-state index contributed by atoms with van der Waals surface area (Å²) in [7, 11) is 0. The highest BCUT2D eigenvalue weighted by Gasteiger charge is 2.20. The zero-order chi connectivity index (χ0) is 20.8. The third-order valence-corrected chi connectivity index (χ3v) is 7.45. The largest absolute Gasteiger partial charge is 0.284 e. The van der Waals surface area contributed by atoms with Gasteiger partial charge in [0.05, 0.1) is 9.82 Å². The number of nitrogens with zero attached hydrogens (tertiary/aromatic N) is 1. The van der Waals surface area contributed by atoms with Crippen LogP contribution in [0.5, 0.6) is 0 Å². The van der Waals surface area contributed by atoms with Gasteiger partial charge in [-0.25, -0.2) is 0 Å². The molecule has 0 spiro atoms. The van der Waals surface area contributed by atoms with Crippen molar-refractivity contribution in [2.24, 2.45) is 0 Å². The van der Waals surface area contributed by atoms with Gasteiger partial charge in [0.1, 0.15) is 0 Å². The van der Waals surface area contributed by atoms with Gasteiger partial charge in [0, 0.05) is 30.5 Å². The quantitative estimate of drug-likeness (QED) is 0.212. The lowest BCUT2D eigenvalue weighted by atomic mass is 10.3. The minimum absolute atomic E-state index is 0.125. The number of nitro benzene ring substituents is 1. The Balaban J connectivity index is 1.78. The van der Waals surface area contributed by atoms with Gasteiger partial charge in [-0.1, -0.05) is 89.9 Å². The molecule has 148 valence electrons. The first-order valence-electron chi connectivity index (χ1n) is 9.20. The van der Waals surface area contributed by atoms with E-state index in [0.29, 0.717) is 4.90 Å². The minimum Gasteiger partial charge on any atom is -0.258 e. The van der Waals surface area contributed by atoms with Crippen LogP contribution in [0.1, 0.15) is 0 Å². The molecule has 0 radical (unpaired) electrons. The minimum atomic E-state index is -0.294. The molecule has 3 nitrogen and oxygen atoms in total. The molecule has 4 aromatic rings. The summed E-state index contributed by atoms with van der Waals surface area (Å²) in [6.45, 7) is 0. The first-order chi connectivity index (χ1) is 14.7. The second-order valence-corrected chi connectivity index (χ2v) is 9.62. The van der Waals surface area contributed by atoms with Crippen molar-refractivity contribution in [1.82, 2.24) is 0 Å². The van der Waals surface area contributed by atoms with Crippen LogP contribution in [0.4, 0.5) is 5.69 Å². The van der Waals surface area contributed by atoms with Crippen LogP contribution in [0.3, 0.4) is 0 Å². The number of hydrogen-bond donors (Lipinski definition) is 0. The van der Waals surface area contributed by atoms with Gasteiger partial charge in [-0.05, 0) is 42.5 Å². The molecule has 0 unspecified atom stereocenters. The predicted molar refractivity (Wildman–Crippen MR) is 125 cm³/mol. The normalized spacial score (nSPS) is 10.7. The van der Waals surface area contributed by atoms with Crippen LogP contribution < -0.4 is 0 Å². The van der Waals surface area contributed by atoms with Crippen molar-refractivity contribution >= 4 is 41.0 Å². The van der Waals surface area contributed by atoms with E-state index in [4.69, 9.17) is 0 Å². The van der Waals surface area contributed by atoms with Gasteiger partial charge in [-0.3, -0.25) is 10.1 Å². The molecule has 0 fully saturated rings. The maximum Gasteiger partial charge on any atom is 0.284 e. The molecule has 0 amide bonds. The molecule has 0 aliphatic heterocycles. The van der Waals surface area contributed by atoms with E-state index in [1.165, 1.54) is 11.8 Å². The van der Waals surface area contributed by atoms with Gasteiger partial charge in [-0.2, -0.15) is 0 Å². The lowest BCUT2D eigenvalue weighted by molar-refractivity contribution is -0.388. The second kappa shape index (κ2) is 9.89. The average molecular weight is 448 g/mol. The predicted octanol–water partition coefficient (Wildman–Crippen LogP) is 8.05. The second-order valence-electron chi connectivity index (χ2n) is 6.27. The average Bonchev–Trinajstić information content (AvgIpc) is 2.77. The third kappa shape index (κ3) is 5.27. The lowest BCUT2D eigenvalue weighted by Crippen LogP contribution is -1.93. The molecule has 0 saturated carbocycles. The van der Waals surface area contributed by atoms with Crippen molar-refractivity contribution in [3.05, 3.63) is 113 Å². The van der Waals surface area contributed by atoms with Crippen LogP contribution in [0.2, 0.25) is 0 Å². The molecule has 0 bridgehead atoms. The van der Waals surface area contributed by atoms with Gasteiger partial charge in [-0.15, -0.1) is 0 Å². The summed E-state index contributed by atoms with van der Waals surface area (Å²) in [6.07, 6.45) is 0. The summed E-state index contributed by atoms with van der Waals surface area (Å²) in [5.74, 6) is 0. The number of rotatable bonds is 7. The van der Waals surface area contributed by atoms with Crippen molar-refractivity contribution in [2.75, 3.05) is 0 Å². The first kappa shape index (κ1) is 20.6. The van der Waals surface area contributed by atoms with E-state index in [2.05, 4.69) is 0 Å². The monoisotopic (exact) mass is 447 g/mol. The Morgan fingerprint density at radius 1 is 0.533 bits per heavy atom. The Morgan fingerprint density at radius 2 is 0.900 bits per heavy atom. The molecule has 0 N–H and O–H groups in total. The Bertz CT molecular complexity index is 1140. The molecular weight excluding hydrogens is 430 g/mol. The van der Waals surface area contributed by atoms with E-state index in [-0.39, 0.29) is 10.6 Å². The SMILES string of the molecule is O=[N+]([O-])c1cc(Sc2ccccc2)c(Sc2ccccc2)cc1Sc1ccccc1. The molecule has 0 atom stereocenters. The van der Waals surface area contributed by atoms with Gasteiger partial charge in [0.2, 0.25) is 0 Å². The zero-order valence-corrected chi connectivity index (χ0v) is 18.3. The molecule has 30 heavy (non-hydrogen) atoms. The Kier molecular flexibility index (Phi) is 6.79. The van der Waals surface area contributed by atoms with Gasteiger partial charge >= 0.3 is 0 Å². The van der Waals surface area contributed by atoms with E-state index in [9.17, 15) is 10.1 Å². The number of nitro groups is 1. The zero-order valence-electron chi connectivity index (χ0n) is 15.8. The van der Waals surface area contributed by atoms with Crippen LogP contribution in [0, 0.1) is 10.1 Å². The van der Waals surface area contributed by atoms with Crippen LogP contribution in [-0.4, -0.2) is 4.92 Å². The lowest BCUT2D eigenvalue weighted by Gasteiger charge is -2.12. The highest BCUT2D eigenvalue weighted by atomic mass is 32.2. The highest BCUT2D eigenvalue weighted by molar-refractivity contribution is 8.02. The van der Waals surface area contributed by atoms with E-state index in [1.807, 2.05) is 97.1 Å². The Hall–Kier alpha value is -2.67. The highest BCUT2D eigenvalue weighted by Crippen LogP contribution is 2.45. The van der Waals surface area contributed by atoms with Gasteiger partial charge < -0.3 is 0 Å². The molecular formula is C24H17NO2S3. The molecule has 0 aliphatic carbocycles. The molecule has 4 aromatic carbocycles. The fourth-order valence-electron chi connectivity index (χ4n) is 2.76. The van der Waals surface area contributed by atoms with Crippen LogP contribution in [0.15, 0.2) is 133 Å². The summed E-state index contributed by atoms with van der Waals surface area (Å²) < 4.78 is 0. The van der Waals surface area contributed by atoms with Crippen LogP contribution >= 0.6 is 35.3 Å². The van der Waals surface area contributed by atoms with Gasteiger partial charge in [0.25, 0.3) is 5.69 Å². The van der Waals surface area contributed by atoms with Crippen LogP contribution in [-0.2, 0) is 0 Å². The third-order valence-electron chi connectivity index (χ3n) is 4.14. The first-order valence-corrected chi connectivity index (χ1v) is 11.6. The fraction of sp³-hybridized carbons (Fsp3) is 0. The van der Waals surface area contributed by atoms with Crippen molar-refractivity contribution < 1.29 is 4.92 Å². The Labute approximate surface area is 188 Å². The maximum atomic E-state index is 11.9. The fourth-order valence-corrected chi connectivity index (χ4v) is 5.81. The molecule has 0 saturated heterocycles. The summed E-state index contributed by atoms with van der Waals surface area (Å²) in [4.78, 5) is 17.2. The molecule has 4 rings (SSSR count). The molecule has 0 aromatic heterocycles. The van der Waals surface area contributed by atoms with Crippen molar-refractivity contribution in [1.29, 1.82) is 0 Å². The Morgan fingerprint density at radius 3 is 1.30 bits per heavy atom. The maximum absolute atomic E-state index is 11.9. The summed E-state index contributed by atoms with van der Waals surface area (Å²) in [5, 5.41) is 11.9. The molecule has 0 heterocycles. The summed E-state index contributed by atoms with van der Waals surface area (Å²) in [5.41, 5.74) is 0.125. The van der Waals surface area contributed by atoms with E-state index in [0.717, 1.165) is 24.5 Å². The smallest absolute Gasteiger partial charge is 0.258 e. The standard InChI is InChI=1S/C24H17NO2S3/c26-25(27)21-16-23(29-19-12-6-2-7-13-19)24(30-20-14-8-3-9-15-20)17-22(21)28-18-10-4-1-5-11-18/h1-17H. The van der Waals surface area contributed by atoms with E-state index < -0.39 is 0 Å². The summed E-state index contributed by atoms with van der Waals surface area (Å²) in [6, 6.07) is 33.4. The summed E-state index contributed by atoms with van der Waals surface area (Å²) >= 11 is 4.59. The van der Waals surface area contributed by atoms with Gasteiger partial charge in [0.15, 0.2) is 0 Å². The molecule has 6 heteroatoms. The van der Waals surface area contributed by atoms with E-state index >= 15 is 0 Å². The number of benzene rings is 4. The van der Waals surface area contributed by atoms with Crippen molar-refractivity contribution in [2.45, 2.75) is 29.4 Å². The number of hydrogen-bond acceptors (Lipinski definition) is 5. The van der Waals surface area contributed by atoms with Crippen LogP contribution in [0.25, 0.3) is 0 Å². The topological polar surface area (TPSA) is 43.1 Å².